The fourth-order valence-electron chi connectivity index (χ4n) is 2.10. The normalized spacial score (nSPS) is 33.0. The third kappa shape index (κ3) is 1.77. The van der Waals surface area contributed by atoms with Crippen LogP contribution in [-0.2, 0) is 9.53 Å². The molecule has 0 saturated heterocycles. The average molecular weight is 205 g/mol. The van der Waals surface area contributed by atoms with Crippen molar-refractivity contribution < 1.29 is 9.53 Å². The fourth-order valence-corrected chi connectivity index (χ4v) is 2.10. The second-order valence-corrected chi connectivity index (χ2v) is 5.01. The summed E-state index contributed by atoms with van der Waals surface area (Å²) in [5, 5.41) is 8.97. The highest BCUT2D eigenvalue weighted by Crippen LogP contribution is 2.56. The monoisotopic (exact) mass is 205 g/mol. The number of nitrogens with zero attached hydrogens (tertiary/aromatic N) is 1. The molecule has 2 saturated carbocycles. The van der Waals surface area contributed by atoms with Crippen LogP contribution in [0.15, 0.2) is 11.6 Å². The van der Waals surface area contributed by atoms with Gasteiger partial charge < -0.3 is 4.74 Å². The van der Waals surface area contributed by atoms with E-state index in [1.165, 1.54) is 0 Å². The first kappa shape index (κ1) is 10.2. The third-order valence-electron chi connectivity index (χ3n) is 3.52. The van der Waals surface area contributed by atoms with Gasteiger partial charge in [-0.3, -0.25) is 4.79 Å². The molecule has 0 aromatic carbocycles. The van der Waals surface area contributed by atoms with E-state index in [-0.39, 0.29) is 17.4 Å². The van der Waals surface area contributed by atoms with Crippen LogP contribution in [0.3, 0.4) is 0 Å². The minimum Gasteiger partial charge on any atom is -0.463 e. The van der Waals surface area contributed by atoms with Crippen molar-refractivity contribution in [2.24, 2.45) is 17.3 Å². The van der Waals surface area contributed by atoms with E-state index in [4.69, 9.17) is 10.00 Å². The van der Waals surface area contributed by atoms with E-state index in [2.05, 4.69) is 19.9 Å². The Hall–Kier alpha value is -1.30. The number of nitriles is 1. The average Bonchev–Trinajstić information content (AvgIpc) is 3.06. The first-order valence-electron chi connectivity index (χ1n) is 5.32. The lowest BCUT2D eigenvalue weighted by Crippen LogP contribution is -1.98. The van der Waals surface area contributed by atoms with Crippen molar-refractivity contribution in [1.29, 1.82) is 5.26 Å². The summed E-state index contributed by atoms with van der Waals surface area (Å²) in [7, 11) is 0. The largest absolute Gasteiger partial charge is 0.463 e. The van der Waals surface area contributed by atoms with Gasteiger partial charge in [0.15, 0.2) is 0 Å². The first-order valence-corrected chi connectivity index (χ1v) is 5.32. The van der Waals surface area contributed by atoms with Crippen LogP contribution in [0.25, 0.3) is 0 Å². The van der Waals surface area contributed by atoms with Crippen LogP contribution >= 0.6 is 0 Å². The number of ether oxygens (including phenoxy) is 1. The molecule has 0 N–H and O–H groups in total. The molecule has 3 nitrogen and oxygen atoms in total. The Labute approximate surface area is 89.7 Å². The zero-order chi connectivity index (χ0) is 11.1. The maximum Gasteiger partial charge on any atom is 0.293 e. The Morgan fingerprint density at radius 3 is 2.67 bits per heavy atom. The zero-order valence-electron chi connectivity index (χ0n) is 9.06. The molecule has 2 atom stereocenters. The highest BCUT2D eigenvalue weighted by Gasteiger charge is 2.59. The SMILES string of the molecule is CC1(C)C(/C=C(/C#N)C2CC2)C1OC=O. The molecule has 0 aromatic heterocycles. The Balaban J connectivity index is 2.06. The van der Waals surface area contributed by atoms with Crippen LogP contribution in [0.5, 0.6) is 0 Å². The summed E-state index contributed by atoms with van der Waals surface area (Å²) >= 11 is 0. The van der Waals surface area contributed by atoms with E-state index in [9.17, 15) is 4.79 Å². The van der Waals surface area contributed by atoms with Crippen molar-refractivity contribution in [2.75, 3.05) is 0 Å². The van der Waals surface area contributed by atoms with E-state index in [1.807, 2.05) is 6.08 Å². The number of carbonyl (C=O) groups excluding carboxylic acids is 1. The maximum atomic E-state index is 10.3. The van der Waals surface area contributed by atoms with Crippen LogP contribution in [0, 0.1) is 28.6 Å². The molecule has 0 bridgehead atoms. The molecule has 0 aliphatic heterocycles. The highest BCUT2D eigenvalue weighted by atomic mass is 16.5. The van der Waals surface area contributed by atoms with Gasteiger partial charge in [0.05, 0.1) is 6.07 Å². The van der Waals surface area contributed by atoms with E-state index in [0.717, 1.165) is 18.4 Å². The third-order valence-corrected chi connectivity index (χ3v) is 3.52. The van der Waals surface area contributed by atoms with Crippen LogP contribution < -0.4 is 0 Å². The van der Waals surface area contributed by atoms with E-state index in [1.54, 1.807) is 0 Å². The predicted octanol–water partition coefficient (Wildman–Crippen LogP) is 2.04. The summed E-state index contributed by atoms with van der Waals surface area (Å²) in [6.07, 6.45) is 4.22. The predicted molar refractivity (Wildman–Crippen MR) is 54.6 cm³/mol. The smallest absolute Gasteiger partial charge is 0.293 e. The van der Waals surface area contributed by atoms with Gasteiger partial charge in [-0.2, -0.15) is 5.26 Å². The van der Waals surface area contributed by atoms with Crippen LogP contribution in [0.2, 0.25) is 0 Å². The van der Waals surface area contributed by atoms with Crippen LogP contribution in [0.1, 0.15) is 26.7 Å². The number of rotatable bonds is 4. The fraction of sp³-hybridized carbons (Fsp3) is 0.667. The second kappa shape index (κ2) is 3.37. The lowest BCUT2D eigenvalue weighted by molar-refractivity contribution is -0.130. The highest BCUT2D eigenvalue weighted by molar-refractivity contribution is 5.41. The van der Waals surface area contributed by atoms with Crippen molar-refractivity contribution in [1.82, 2.24) is 0 Å². The molecule has 0 radical (unpaired) electrons. The second-order valence-electron chi connectivity index (χ2n) is 5.01. The van der Waals surface area contributed by atoms with Crippen molar-refractivity contribution in [3.63, 3.8) is 0 Å². The number of hydrogen-bond donors (Lipinski definition) is 0. The van der Waals surface area contributed by atoms with E-state index >= 15 is 0 Å². The molecule has 2 unspecified atom stereocenters. The zero-order valence-corrected chi connectivity index (χ0v) is 9.06. The molecular formula is C12H15NO2. The molecule has 0 aromatic rings. The molecule has 2 aliphatic rings. The van der Waals surface area contributed by atoms with Crippen LogP contribution in [-0.4, -0.2) is 12.6 Å². The van der Waals surface area contributed by atoms with Gasteiger partial charge in [0.1, 0.15) is 6.10 Å². The Morgan fingerprint density at radius 2 is 2.20 bits per heavy atom. The molecule has 15 heavy (non-hydrogen) atoms. The van der Waals surface area contributed by atoms with Gasteiger partial charge >= 0.3 is 0 Å². The topological polar surface area (TPSA) is 50.1 Å². The van der Waals surface area contributed by atoms with Crippen molar-refractivity contribution in [3.05, 3.63) is 11.6 Å². The van der Waals surface area contributed by atoms with Crippen LogP contribution in [0.4, 0.5) is 0 Å². The summed E-state index contributed by atoms with van der Waals surface area (Å²) in [4.78, 5) is 10.3. The number of hydrogen-bond acceptors (Lipinski definition) is 3. The lowest BCUT2D eigenvalue weighted by atomic mass is 10.1. The molecule has 2 rings (SSSR count). The van der Waals surface area contributed by atoms with Gasteiger partial charge in [-0.25, -0.2) is 0 Å². The molecule has 3 heteroatoms. The Kier molecular flexibility index (Phi) is 2.30. The summed E-state index contributed by atoms with van der Waals surface area (Å²) in [6, 6.07) is 2.25. The van der Waals surface area contributed by atoms with Crippen molar-refractivity contribution >= 4 is 6.47 Å². The van der Waals surface area contributed by atoms with Crippen molar-refractivity contribution in [2.45, 2.75) is 32.8 Å². The van der Waals surface area contributed by atoms with Gasteiger partial charge in [-0.05, 0) is 18.8 Å². The molecular weight excluding hydrogens is 190 g/mol. The summed E-state index contributed by atoms with van der Waals surface area (Å²) < 4.78 is 4.99. The molecule has 0 heterocycles. The Morgan fingerprint density at radius 1 is 1.53 bits per heavy atom. The van der Waals surface area contributed by atoms with Gasteiger partial charge in [0, 0.05) is 16.9 Å². The van der Waals surface area contributed by atoms with E-state index in [0.29, 0.717) is 12.4 Å². The number of carbonyl (C=O) groups is 1. The van der Waals surface area contributed by atoms with E-state index < -0.39 is 0 Å². The molecule has 0 amide bonds. The standard InChI is InChI=1S/C12H15NO2/c1-12(2)10(11(12)15-7-14)5-9(6-13)8-3-4-8/h5,7-8,10-11H,3-4H2,1-2H3/b9-5-. The summed E-state index contributed by atoms with van der Waals surface area (Å²) in [5.41, 5.74) is 0.878. The maximum absolute atomic E-state index is 10.3. The summed E-state index contributed by atoms with van der Waals surface area (Å²) in [5.74, 6) is 0.696. The van der Waals surface area contributed by atoms with Gasteiger partial charge in [-0.15, -0.1) is 0 Å². The number of allylic oxidation sites excluding steroid dienone is 1. The molecule has 2 aliphatic carbocycles. The first-order chi connectivity index (χ1) is 7.11. The van der Waals surface area contributed by atoms with Gasteiger partial charge in [0.2, 0.25) is 0 Å². The Bertz CT molecular complexity index is 347. The molecule has 2 fully saturated rings. The minimum absolute atomic E-state index is 0.00208. The van der Waals surface area contributed by atoms with Crippen molar-refractivity contribution in [3.8, 4) is 6.07 Å². The molecule has 80 valence electrons. The minimum atomic E-state index is -0.0444. The molecule has 0 spiro atoms. The van der Waals surface area contributed by atoms with Gasteiger partial charge in [-0.1, -0.05) is 19.9 Å². The lowest BCUT2D eigenvalue weighted by Gasteiger charge is -1.97. The quantitative estimate of drug-likeness (QED) is 0.521. The summed E-state index contributed by atoms with van der Waals surface area (Å²) in [6.45, 7) is 4.62. The van der Waals surface area contributed by atoms with Gasteiger partial charge in [0.25, 0.3) is 6.47 Å².